The van der Waals surface area contributed by atoms with Gasteiger partial charge in [0.1, 0.15) is 12.8 Å². The normalized spacial score (nSPS) is 19.8. The molecule has 1 aliphatic rings. The first-order chi connectivity index (χ1) is 15.2. The maximum Gasteiger partial charge on any atom is 0.312 e. The smallest absolute Gasteiger partial charge is 0.312 e. The topological polar surface area (TPSA) is 142 Å². The molecular formula is C21H28FN5O5. The van der Waals surface area contributed by atoms with Gasteiger partial charge in [0.15, 0.2) is 22.6 Å². The van der Waals surface area contributed by atoms with Gasteiger partial charge in [0.05, 0.1) is 6.33 Å². The number of aromatic nitrogens is 4. The van der Waals surface area contributed by atoms with Gasteiger partial charge in [0, 0.05) is 13.3 Å². The lowest BCUT2D eigenvalue weighted by Crippen LogP contribution is -2.33. The largest absolute Gasteiger partial charge is 0.481 e. The number of fused-ring (bicyclic) bond motifs is 1. The number of nitrogens with two attached hydrogens (primary N) is 1. The number of unbranched alkanes of at least 4 members (excludes halogenated alkanes) is 3. The summed E-state index contributed by atoms with van der Waals surface area (Å²) in [4.78, 5) is 32.2. The molecule has 32 heavy (non-hydrogen) atoms. The lowest BCUT2D eigenvalue weighted by atomic mass is 10.0. The number of terminal acetylenes is 1. The average Bonchev–Trinajstić information content (AvgIpc) is 3.35. The van der Waals surface area contributed by atoms with E-state index in [9.17, 15) is 14.0 Å². The highest BCUT2D eigenvalue weighted by atomic mass is 19.1. The van der Waals surface area contributed by atoms with Gasteiger partial charge in [-0.25, -0.2) is 4.98 Å². The first kappa shape index (κ1) is 25.0. The highest BCUT2D eigenvalue weighted by molar-refractivity contribution is 5.81. The summed E-state index contributed by atoms with van der Waals surface area (Å²) in [6.45, 7) is 3.36. The number of ether oxygens (including phenoxy) is 2. The fourth-order valence-electron chi connectivity index (χ4n) is 3.23. The molecular weight excluding hydrogens is 421 g/mol. The maximum atomic E-state index is 13.4. The minimum absolute atomic E-state index is 0.0482. The van der Waals surface area contributed by atoms with Crippen LogP contribution in [0.1, 0.15) is 65.0 Å². The van der Waals surface area contributed by atoms with Crippen LogP contribution in [-0.4, -0.2) is 48.8 Å². The van der Waals surface area contributed by atoms with Crippen molar-refractivity contribution in [2.75, 3.05) is 12.3 Å². The zero-order valence-electron chi connectivity index (χ0n) is 18.2. The Hall–Kier alpha value is -3.26. The summed E-state index contributed by atoms with van der Waals surface area (Å²) in [6, 6.07) is 0. The Morgan fingerprint density at radius 1 is 1.44 bits per heavy atom. The summed E-state index contributed by atoms with van der Waals surface area (Å²) in [5.74, 6) is 1.36. The number of carbonyl (C=O) groups excluding carboxylic acids is 1. The summed E-state index contributed by atoms with van der Waals surface area (Å²) in [6.07, 6.45) is 11.1. The van der Waals surface area contributed by atoms with Gasteiger partial charge >= 0.3 is 18.0 Å². The van der Waals surface area contributed by atoms with Crippen LogP contribution in [0.2, 0.25) is 0 Å². The molecule has 1 fully saturated rings. The number of aliphatic carboxylic acids is 1. The number of hydrogen-bond acceptors (Lipinski definition) is 8. The first-order valence-corrected chi connectivity index (χ1v) is 10.4. The molecule has 2 unspecified atom stereocenters. The molecule has 0 saturated carbocycles. The van der Waals surface area contributed by atoms with E-state index in [0.29, 0.717) is 19.3 Å². The molecule has 0 amide bonds. The third kappa shape index (κ3) is 6.62. The SMILES string of the molecule is C#CC1(COC(C)=O)CCC(n2cnc3c(N)nc(F)nc32)O1.CCCCCCC(=O)O. The van der Waals surface area contributed by atoms with Gasteiger partial charge in [-0.05, 0) is 19.3 Å². The van der Waals surface area contributed by atoms with E-state index >= 15 is 0 Å². The second-order valence-corrected chi connectivity index (χ2v) is 7.44. The Morgan fingerprint density at radius 3 is 2.81 bits per heavy atom. The second-order valence-electron chi connectivity index (χ2n) is 7.44. The molecule has 174 valence electrons. The average molecular weight is 449 g/mol. The fourth-order valence-corrected chi connectivity index (χ4v) is 3.23. The van der Waals surface area contributed by atoms with Crippen LogP contribution >= 0.6 is 0 Å². The van der Waals surface area contributed by atoms with Gasteiger partial charge in [0.2, 0.25) is 0 Å². The number of hydrogen-bond donors (Lipinski definition) is 2. The molecule has 3 heterocycles. The molecule has 2 atom stereocenters. The number of rotatable bonds is 8. The number of carbonyl (C=O) groups is 2. The second kappa shape index (κ2) is 11.4. The van der Waals surface area contributed by atoms with Crippen molar-refractivity contribution in [3.8, 4) is 12.3 Å². The molecule has 11 heteroatoms. The zero-order chi connectivity index (χ0) is 23.7. The highest BCUT2D eigenvalue weighted by Crippen LogP contribution is 2.37. The number of imidazole rings is 1. The van der Waals surface area contributed by atoms with Crippen LogP contribution in [0.15, 0.2) is 6.33 Å². The summed E-state index contributed by atoms with van der Waals surface area (Å²) >= 11 is 0. The molecule has 0 aromatic carbocycles. The Balaban J connectivity index is 0.000000344. The summed E-state index contributed by atoms with van der Waals surface area (Å²) in [5.41, 5.74) is 5.12. The summed E-state index contributed by atoms with van der Waals surface area (Å²) in [5, 5.41) is 8.21. The van der Waals surface area contributed by atoms with Crippen LogP contribution in [0.3, 0.4) is 0 Å². The molecule has 0 spiro atoms. The van der Waals surface area contributed by atoms with Gasteiger partial charge in [-0.3, -0.25) is 14.2 Å². The minimum atomic E-state index is -1.02. The molecule has 1 aliphatic heterocycles. The van der Waals surface area contributed by atoms with Crippen molar-refractivity contribution >= 4 is 28.9 Å². The lowest BCUT2D eigenvalue weighted by Gasteiger charge is -2.23. The van der Waals surface area contributed by atoms with Gasteiger partial charge < -0.3 is 20.3 Å². The van der Waals surface area contributed by atoms with Gasteiger partial charge in [0.25, 0.3) is 0 Å². The van der Waals surface area contributed by atoms with E-state index in [2.05, 4.69) is 27.8 Å². The minimum Gasteiger partial charge on any atom is -0.481 e. The van der Waals surface area contributed by atoms with E-state index in [-0.39, 0.29) is 23.6 Å². The van der Waals surface area contributed by atoms with E-state index in [1.807, 2.05) is 0 Å². The van der Waals surface area contributed by atoms with Crippen molar-refractivity contribution in [1.82, 2.24) is 19.5 Å². The van der Waals surface area contributed by atoms with Gasteiger partial charge in [-0.1, -0.05) is 32.1 Å². The predicted molar refractivity (Wildman–Crippen MR) is 114 cm³/mol. The van der Waals surface area contributed by atoms with Crippen LogP contribution in [0.5, 0.6) is 0 Å². The molecule has 0 radical (unpaired) electrons. The predicted octanol–water partition coefficient (Wildman–Crippen LogP) is 2.83. The zero-order valence-corrected chi connectivity index (χ0v) is 18.2. The number of carboxylic acids is 1. The van der Waals surface area contributed by atoms with Crippen LogP contribution in [0.4, 0.5) is 10.2 Å². The summed E-state index contributed by atoms with van der Waals surface area (Å²) in [7, 11) is 0. The van der Waals surface area contributed by atoms with Crippen molar-refractivity contribution in [2.24, 2.45) is 0 Å². The Labute approximate surface area is 185 Å². The molecule has 0 bridgehead atoms. The molecule has 10 nitrogen and oxygen atoms in total. The van der Waals surface area contributed by atoms with Gasteiger partial charge in [-0.15, -0.1) is 6.42 Å². The summed E-state index contributed by atoms with van der Waals surface area (Å²) < 4.78 is 25.8. The number of carboxylic acid groups (broad SMARTS) is 1. The van der Waals surface area contributed by atoms with Crippen LogP contribution in [-0.2, 0) is 19.1 Å². The highest BCUT2D eigenvalue weighted by Gasteiger charge is 2.41. The molecule has 3 N–H and O–H groups in total. The Kier molecular flexibility index (Phi) is 8.90. The number of nitrogen functional groups attached to an aromatic ring is 1. The first-order valence-electron chi connectivity index (χ1n) is 10.4. The van der Waals surface area contributed by atoms with E-state index < -0.39 is 29.8 Å². The molecule has 3 rings (SSSR count). The van der Waals surface area contributed by atoms with Crippen LogP contribution in [0.25, 0.3) is 11.2 Å². The third-order valence-electron chi connectivity index (χ3n) is 4.90. The quantitative estimate of drug-likeness (QED) is 0.269. The maximum absolute atomic E-state index is 13.4. The van der Waals surface area contributed by atoms with Gasteiger partial charge in [-0.2, -0.15) is 14.4 Å². The van der Waals surface area contributed by atoms with Crippen molar-refractivity contribution in [2.45, 2.75) is 70.6 Å². The standard InChI is InChI=1S/C14H14FN5O3.C7H14O2/c1-3-14(6-22-8(2)21)5-4-9(23-14)20-7-17-10-11(16)18-13(15)19-12(10)20;1-2-3-4-5-6-7(8)9/h1,7,9H,4-6H2,2H3,(H2,16,18,19);2-6H2,1H3,(H,8,9). The fraction of sp³-hybridized carbons (Fsp3) is 0.571. The number of nitrogens with zero attached hydrogens (tertiary/aromatic N) is 4. The van der Waals surface area contributed by atoms with Crippen LogP contribution < -0.4 is 5.73 Å². The monoisotopic (exact) mass is 449 g/mol. The number of anilines is 1. The number of esters is 1. The van der Waals surface area contributed by atoms with Crippen molar-refractivity contribution in [1.29, 1.82) is 0 Å². The van der Waals surface area contributed by atoms with Crippen LogP contribution in [0, 0.1) is 18.4 Å². The van der Waals surface area contributed by atoms with E-state index in [4.69, 9.17) is 26.7 Å². The molecule has 2 aromatic heterocycles. The number of halogens is 1. The van der Waals surface area contributed by atoms with E-state index in [0.717, 1.165) is 19.3 Å². The van der Waals surface area contributed by atoms with E-state index in [1.165, 1.54) is 19.7 Å². The molecule has 2 aromatic rings. The molecule has 1 saturated heterocycles. The Bertz CT molecular complexity index is 989. The van der Waals surface area contributed by atoms with E-state index in [1.54, 1.807) is 4.57 Å². The van der Waals surface area contributed by atoms with Crippen molar-refractivity contribution in [3.05, 3.63) is 12.4 Å². The third-order valence-corrected chi connectivity index (χ3v) is 4.90. The van der Waals surface area contributed by atoms with Crippen molar-refractivity contribution < 1.29 is 28.6 Å². The van der Waals surface area contributed by atoms with Crippen molar-refractivity contribution in [3.63, 3.8) is 0 Å². The molecule has 0 aliphatic carbocycles. The Morgan fingerprint density at radius 2 is 2.19 bits per heavy atom. The lowest BCUT2D eigenvalue weighted by molar-refractivity contribution is -0.149.